The fourth-order valence-corrected chi connectivity index (χ4v) is 3.07. The van der Waals surface area contributed by atoms with E-state index in [4.69, 9.17) is 4.74 Å². The Hall–Kier alpha value is -3.41. The largest absolute Gasteiger partial charge is 0.464 e. The van der Waals surface area contributed by atoms with Crippen molar-refractivity contribution in [2.75, 3.05) is 13.7 Å². The minimum Gasteiger partial charge on any atom is -0.464 e. The maximum absolute atomic E-state index is 12.3. The average Bonchev–Trinajstić information content (AvgIpc) is 3.09. The molecule has 6 heteroatoms. The molecule has 0 spiro atoms. The van der Waals surface area contributed by atoms with Gasteiger partial charge < -0.3 is 14.6 Å². The van der Waals surface area contributed by atoms with Crippen LogP contribution in [0.25, 0.3) is 10.9 Å². The van der Waals surface area contributed by atoms with Crippen molar-refractivity contribution in [3.05, 3.63) is 71.4 Å². The lowest BCUT2D eigenvalue weighted by Gasteiger charge is -2.11. The van der Waals surface area contributed by atoms with E-state index in [1.165, 1.54) is 7.11 Å². The number of aryl methyl sites for hydroxylation is 1. The van der Waals surface area contributed by atoms with E-state index >= 15 is 0 Å². The number of carbonyl (C=O) groups excluding carboxylic acids is 3. The zero-order valence-electron chi connectivity index (χ0n) is 15.0. The Morgan fingerprint density at radius 1 is 1.11 bits per heavy atom. The quantitative estimate of drug-likeness (QED) is 0.397. The Kier molecular flexibility index (Phi) is 5.66. The molecule has 0 bridgehead atoms. The number of nitrogens with zero attached hydrogens (tertiary/aromatic N) is 1. The summed E-state index contributed by atoms with van der Waals surface area (Å²) in [4.78, 5) is 35.4. The van der Waals surface area contributed by atoms with E-state index in [2.05, 4.69) is 5.32 Å². The second-order valence-corrected chi connectivity index (χ2v) is 6.05. The molecule has 3 aromatic rings. The Labute approximate surface area is 156 Å². The highest BCUT2D eigenvalue weighted by molar-refractivity contribution is 6.01. The van der Waals surface area contributed by atoms with E-state index in [1.807, 2.05) is 28.8 Å². The summed E-state index contributed by atoms with van der Waals surface area (Å²) in [5.74, 6) is -0.682. The van der Waals surface area contributed by atoms with Crippen molar-refractivity contribution < 1.29 is 19.1 Å². The fraction of sp³-hybridized carbons (Fsp3) is 0.190. The van der Waals surface area contributed by atoms with Crippen molar-refractivity contribution in [2.45, 2.75) is 13.0 Å². The number of benzene rings is 2. The SMILES string of the molecule is COC(=O)c1cc2ccccc2n1CCCNC(=O)c1ccccc1C=O. The summed E-state index contributed by atoms with van der Waals surface area (Å²) >= 11 is 0. The lowest BCUT2D eigenvalue weighted by molar-refractivity contribution is 0.0588. The molecule has 2 aromatic carbocycles. The standard InChI is InChI=1S/C21H20N2O4/c1-27-21(26)19-13-15-7-3-5-10-18(15)23(19)12-6-11-22-20(25)17-9-4-2-8-16(17)14-24/h2-5,7-10,13-14H,6,11-12H2,1H3,(H,22,25). The number of aldehydes is 1. The smallest absolute Gasteiger partial charge is 0.354 e. The number of carbonyl (C=O) groups is 3. The summed E-state index contributed by atoms with van der Waals surface area (Å²) in [6, 6.07) is 16.2. The Morgan fingerprint density at radius 2 is 1.85 bits per heavy atom. The number of hydrogen-bond acceptors (Lipinski definition) is 4. The monoisotopic (exact) mass is 364 g/mol. The third-order valence-corrected chi connectivity index (χ3v) is 4.38. The highest BCUT2D eigenvalue weighted by atomic mass is 16.5. The molecule has 138 valence electrons. The predicted molar refractivity (Wildman–Crippen MR) is 102 cm³/mol. The van der Waals surface area contributed by atoms with Gasteiger partial charge in [0.1, 0.15) is 5.69 Å². The van der Waals surface area contributed by atoms with Gasteiger partial charge in [-0.1, -0.05) is 36.4 Å². The second kappa shape index (κ2) is 8.31. The minimum absolute atomic E-state index is 0.289. The summed E-state index contributed by atoms with van der Waals surface area (Å²) in [6.45, 7) is 0.965. The van der Waals surface area contributed by atoms with Crippen LogP contribution < -0.4 is 5.32 Å². The van der Waals surface area contributed by atoms with Crippen molar-refractivity contribution in [2.24, 2.45) is 0 Å². The van der Waals surface area contributed by atoms with Crippen molar-refractivity contribution in [3.8, 4) is 0 Å². The van der Waals surface area contributed by atoms with E-state index in [-0.39, 0.29) is 5.91 Å². The van der Waals surface area contributed by atoms with Crippen LogP contribution in [-0.2, 0) is 11.3 Å². The van der Waals surface area contributed by atoms with Gasteiger partial charge in [-0.2, -0.15) is 0 Å². The molecule has 0 radical (unpaired) electrons. The van der Waals surface area contributed by atoms with Crippen LogP contribution in [0, 0.1) is 0 Å². The normalized spacial score (nSPS) is 10.6. The highest BCUT2D eigenvalue weighted by Crippen LogP contribution is 2.21. The van der Waals surface area contributed by atoms with Crippen molar-refractivity contribution in [1.82, 2.24) is 9.88 Å². The molecule has 1 amide bonds. The van der Waals surface area contributed by atoms with Gasteiger partial charge in [-0.25, -0.2) is 4.79 Å². The van der Waals surface area contributed by atoms with Crippen LogP contribution in [0.1, 0.15) is 37.6 Å². The zero-order chi connectivity index (χ0) is 19.2. The number of hydrogen-bond donors (Lipinski definition) is 1. The minimum atomic E-state index is -0.393. The molecule has 1 heterocycles. The van der Waals surface area contributed by atoms with Crippen molar-refractivity contribution >= 4 is 29.1 Å². The van der Waals surface area contributed by atoms with Gasteiger partial charge in [0.2, 0.25) is 0 Å². The lowest BCUT2D eigenvalue weighted by Crippen LogP contribution is -2.26. The molecule has 0 aliphatic carbocycles. The molecule has 0 unspecified atom stereocenters. The lowest BCUT2D eigenvalue weighted by atomic mass is 10.1. The number of fused-ring (bicyclic) bond motifs is 1. The molecule has 1 aromatic heterocycles. The van der Waals surface area contributed by atoms with Gasteiger partial charge in [0, 0.05) is 35.1 Å². The fourth-order valence-electron chi connectivity index (χ4n) is 3.07. The first-order valence-electron chi connectivity index (χ1n) is 8.64. The third-order valence-electron chi connectivity index (χ3n) is 4.38. The van der Waals surface area contributed by atoms with E-state index < -0.39 is 5.97 Å². The summed E-state index contributed by atoms with van der Waals surface area (Å²) in [6.07, 6.45) is 1.29. The Balaban J connectivity index is 1.68. The zero-order valence-corrected chi connectivity index (χ0v) is 15.0. The number of para-hydroxylation sites is 1. The van der Waals surface area contributed by atoms with Crippen LogP contribution in [-0.4, -0.2) is 36.4 Å². The number of nitrogens with one attached hydrogen (secondary N) is 1. The molecule has 3 rings (SSSR count). The van der Waals surface area contributed by atoms with Gasteiger partial charge >= 0.3 is 5.97 Å². The highest BCUT2D eigenvalue weighted by Gasteiger charge is 2.16. The first-order valence-corrected chi connectivity index (χ1v) is 8.64. The number of amides is 1. The van der Waals surface area contributed by atoms with E-state index in [9.17, 15) is 14.4 Å². The summed E-state index contributed by atoms with van der Waals surface area (Å²) in [7, 11) is 1.36. The van der Waals surface area contributed by atoms with Crippen LogP contribution in [0.5, 0.6) is 0 Å². The molecule has 0 atom stereocenters. The van der Waals surface area contributed by atoms with E-state index in [0.29, 0.717) is 42.6 Å². The second-order valence-electron chi connectivity index (χ2n) is 6.05. The molecular weight excluding hydrogens is 344 g/mol. The molecular formula is C21H20N2O4. The van der Waals surface area contributed by atoms with Crippen LogP contribution in [0.3, 0.4) is 0 Å². The molecule has 0 aliphatic rings. The Bertz CT molecular complexity index is 991. The van der Waals surface area contributed by atoms with E-state index in [0.717, 1.165) is 10.9 Å². The van der Waals surface area contributed by atoms with Crippen molar-refractivity contribution in [1.29, 1.82) is 0 Å². The Morgan fingerprint density at radius 3 is 2.63 bits per heavy atom. The molecule has 6 nitrogen and oxygen atoms in total. The van der Waals surface area contributed by atoms with Crippen molar-refractivity contribution in [3.63, 3.8) is 0 Å². The first kappa shape index (κ1) is 18.4. The summed E-state index contributed by atoms with van der Waals surface area (Å²) in [5.41, 5.74) is 2.14. The topological polar surface area (TPSA) is 77.4 Å². The van der Waals surface area contributed by atoms with Gasteiger partial charge in [-0.3, -0.25) is 9.59 Å². The molecule has 0 aliphatic heterocycles. The molecule has 0 fully saturated rings. The van der Waals surface area contributed by atoms with Gasteiger partial charge in [-0.05, 0) is 24.6 Å². The predicted octanol–water partition coefficient (Wildman–Crippen LogP) is 3.06. The van der Waals surface area contributed by atoms with Crippen LogP contribution >= 0.6 is 0 Å². The number of rotatable bonds is 7. The average molecular weight is 364 g/mol. The summed E-state index contributed by atoms with van der Waals surface area (Å²) in [5, 5.41) is 3.78. The molecule has 27 heavy (non-hydrogen) atoms. The number of ether oxygens (including phenoxy) is 1. The summed E-state index contributed by atoms with van der Waals surface area (Å²) < 4.78 is 6.77. The third kappa shape index (κ3) is 3.89. The number of esters is 1. The van der Waals surface area contributed by atoms with Gasteiger partial charge in [0.05, 0.1) is 7.11 Å². The van der Waals surface area contributed by atoms with Crippen LogP contribution in [0.2, 0.25) is 0 Å². The van der Waals surface area contributed by atoms with Gasteiger partial charge in [0.25, 0.3) is 5.91 Å². The van der Waals surface area contributed by atoms with Crippen LogP contribution in [0.15, 0.2) is 54.6 Å². The van der Waals surface area contributed by atoms with E-state index in [1.54, 1.807) is 30.3 Å². The molecule has 0 saturated carbocycles. The maximum Gasteiger partial charge on any atom is 0.354 e. The van der Waals surface area contributed by atoms with Gasteiger partial charge in [0.15, 0.2) is 6.29 Å². The first-order chi connectivity index (χ1) is 13.2. The number of aromatic nitrogens is 1. The van der Waals surface area contributed by atoms with Crippen LogP contribution in [0.4, 0.5) is 0 Å². The molecule has 0 saturated heterocycles. The number of methoxy groups -OCH3 is 1. The maximum atomic E-state index is 12.3. The molecule has 1 N–H and O–H groups in total. The van der Waals surface area contributed by atoms with Gasteiger partial charge in [-0.15, -0.1) is 0 Å².